The van der Waals surface area contributed by atoms with Gasteiger partial charge in [-0.05, 0) is 43.9 Å². The topological polar surface area (TPSA) is 79.7 Å². The third kappa shape index (κ3) is 4.66. The molecule has 0 aliphatic carbocycles. The van der Waals surface area contributed by atoms with Crippen molar-refractivity contribution in [3.63, 3.8) is 0 Å². The maximum atomic E-state index is 13.4. The van der Waals surface area contributed by atoms with Crippen LogP contribution in [0.15, 0.2) is 47.3 Å². The molecule has 4 rings (SSSR count). The summed E-state index contributed by atoms with van der Waals surface area (Å²) < 4.78 is 27.7. The van der Waals surface area contributed by atoms with Gasteiger partial charge in [-0.15, -0.1) is 22.7 Å². The lowest BCUT2D eigenvalue weighted by atomic mass is 9.94. The lowest BCUT2D eigenvalue weighted by molar-refractivity contribution is -0.144. The van der Waals surface area contributed by atoms with Crippen molar-refractivity contribution in [2.24, 2.45) is 0 Å². The average Bonchev–Trinajstić information content (AvgIpc) is 3.47. The molecule has 2 atom stereocenters. The largest absolute Gasteiger partial charge is 0.466 e. The predicted molar refractivity (Wildman–Crippen MR) is 148 cm³/mol. The molecule has 1 aliphatic rings. The second-order valence-electron chi connectivity index (χ2n) is 9.88. The van der Waals surface area contributed by atoms with Crippen LogP contribution in [0.4, 0.5) is 0 Å². The van der Waals surface area contributed by atoms with Gasteiger partial charge in [0.25, 0.3) is 0 Å². The summed E-state index contributed by atoms with van der Waals surface area (Å²) in [4.78, 5) is 19.7. The number of nitrogens with zero attached hydrogens (tertiary/aromatic N) is 1. The number of esters is 1. The molecule has 0 saturated carbocycles. The lowest BCUT2D eigenvalue weighted by Gasteiger charge is -2.58. The van der Waals surface area contributed by atoms with Crippen LogP contribution in [0.1, 0.15) is 31.1 Å². The van der Waals surface area contributed by atoms with Gasteiger partial charge in [-0.1, -0.05) is 43.9 Å². The molecule has 0 amide bonds. The average molecular weight is 536 g/mol. The van der Waals surface area contributed by atoms with E-state index in [-0.39, 0.29) is 12.6 Å². The van der Waals surface area contributed by atoms with E-state index in [2.05, 4.69) is 55.0 Å². The number of thiophene rings is 1. The van der Waals surface area contributed by atoms with Crippen molar-refractivity contribution in [3.8, 4) is 21.7 Å². The lowest BCUT2D eigenvalue weighted by Crippen LogP contribution is -2.52. The molecule has 0 bridgehead atoms. The molecule has 0 spiro atoms. The highest BCUT2D eigenvalue weighted by atomic mass is 32.3. The fraction of sp³-hybridized carbons (Fsp3) is 0.440. The van der Waals surface area contributed by atoms with Crippen molar-refractivity contribution >= 4 is 47.3 Å². The van der Waals surface area contributed by atoms with Gasteiger partial charge in [-0.2, -0.15) is 10.6 Å². The Bertz CT molecular complexity index is 1120. The van der Waals surface area contributed by atoms with E-state index in [1.165, 1.54) is 0 Å². The molecule has 3 heterocycles. The Labute approximate surface area is 212 Å². The van der Waals surface area contributed by atoms with Crippen molar-refractivity contribution in [3.05, 3.63) is 52.2 Å². The van der Waals surface area contributed by atoms with Gasteiger partial charge in [0.05, 0.1) is 31.4 Å². The monoisotopic (exact) mass is 535 g/mol. The minimum Gasteiger partial charge on any atom is -0.466 e. The highest BCUT2D eigenvalue weighted by molar-refractivity contribution is 8.25. The summed E-state index contributed by atoms with van der Waals surface area (Å²) in [6.45, 7) is 8.49. The molecular weight excluding hydrogens is 503 g/mol. The third-order valence-electron chi connectivity index (χ3n) is 6.59. The Kier molecular flexibility index (Phi) is 7.43. The zero-order valence-corrected chi connectivity index (χ0v) is 23.6. The second-order valence-corrected chi connectivity index (χ2v) is 19.5. The fourth-order valence-corrected chi connectivity index (χ4v) is 13.9. The second kappa shape index (κ2) is 9.87. The zero-order valence-electron chi connectivity index (χ0n) is 20.1. The van der Waals surface area contributed by atoms with E-state index >= 15 is 0 Å². The minimum atomic E-state index is -3.05. The minimum absolute atomic E-state index is 0.286. The Hall–Kier alpha value is -1.49. The summed E-state index contributed by atoms with van der Waals surface area (Å²) in [7, 11) is -5.25. The van der Waals surface area contributed by atoms with E-state index < -0.39 is 29.0 Å². The molecule has 34 heavy (non-hydrogen) atoms. The van der Waals surface area contributed by atoms with Gasteiger partial charge in [0.1, 0.15) is 4.75 Å². The summed E-state index contributed by atoms with van der Waals surface area (Å²) in [5.74, 6) is 0.0503. The van der Waals surface area contributed by atoms with E-state index in [0.29, 0.717) is 12.2 Å². The number of hydrogen-bond acceptors (Lipinski definition) is 7. The Morgan fingerprint density at radius 1 is 1.15 bits per heavy atom. The molecule has 9 heteroatoms. The van der Waals surface area contributed by atoms with Crippen molar-refractivity contribution in [2.45, 2.75) is 56.1 Å². The number of carbonyl (C=O) groups is 1. The summed E-state index contributed by atoms with van der Waals surface area (Å²) in [6.07, 6.45) is 2.22. The first-order valence-corrected chi connectivity index (χ1v) is 18.7. The molecule has 2 aromatic heterocycles. The first-order valence-electron chi connectivity index (χ1n) is 11.6. The number of hydrogen-bond donors (Lipinski definition) is 2. The normalized spacial score (nSPS) is 22.2. The van der Waals surface area contributed by atoms with Gasteiger partial charge in [-0.25, -0.2) is 4.98 Å². The van der Waals surface area contributed by atoms with Crippen LogP contribution in [0.2, 0.25) is 25.2 Å². The van der Waals surface area contributed by atoms with E-state index in [0.717, 1.165) is 39.4 Å². The summed E-state index contributed by atoms with van der Waals surface area (Å²) in [5, 5.41) is 2.03. The van der Waals surface area contributed by atoms with Crippen LogP contribution in [0.3, 0.4) is 0 Å². The fourth-order valence-electron chi connectivity index (χ4n) is 5.15. The van der Waals surface area contributed by atoms with Gasteiger partial charge in [-0.3, -0.25) is 13.9 Å². The van der Waals surface area contributed by atoms with Gasteiger partial charge >= 0.3 is 5.97 Å². The molecule has 2 N–H and O–H groups in total. The molecule has 5 nitrogen and oxygen atoms in total. The number of ether oxygens (including phenoxy) is 1. The zero-order chi connectivity index (χ0) is 24.6. The van der Waals surface area contributed by atoms with Crippen molar-refractivity contribution in [1.82, 2.24) is 4.98 Å². The Morgan fingerprint density at radius 3 is 2.44 bits per heavy atom. The number of rotatable bonds is 7. The van der Waals surface area contributed by atoms with Crippen LogP contribution >= 0.6 is 33.3 Å². The van der Waals surface area contributed by atoms with Gasteiger partial charge in [0, 0.05) is 26.5 Å². The Morgan fingerprint density at radius 2 is 1.85 bits per heavy atom. The van der Waals surface area contributed by atoms with Crippen LogP contribution in [0.25, 0.3) is 21.7 Å². The van der Waals surface area contributed by atoms with Gasteiger partial charge in [0.2, 0.25) is 0 Å². The van der Waals surface area contributed by atoms with E-state index in [9.17, 15) is 13.9 Å². The number of thiazole rings is 1. The molecule has 1 aromatic carbocycles. The summed E-state index contributed by atoms with van der Waals surface area (Å²) in [6, 6.07) is 12.4. The summed E-state index contributed by atoms with van der Waals surface area (Å²) >= 11 is 3.15. The first-order chi connectivity index (χ1) is 16.1. The number of aromatic nitrogens is 1. The van der Waals surface area contributed by atoms with Gasteiger partial charge < -0.3 is 4.74 Å². The van der Waals surface area contributed by atoms with Gasteiger partial charge in [0.15, 0.2) is 0 Å². The van der Waals surface area contributed by atoms with Crippen LogP contribution in [-0.4, -0.2) is 40.5 Å². The van der Waals surface area contributed by atoms with E-state index in [1.807, 2.05) is 23.9 Å². The third-order valence-corrected chi connectivity index (χ3v) is 14.0. The molecule has 184 valence electrons. The molecule has 0 radical (unpaired) electrons. The molecule has 1 unspecified atom stereocenters. The van der Waals surface area contributed by atoms with Crippen molar-refractivity contribution in [1.29, 1.82) is 0 Å². The maximum absolute atomic E-state index is 13.4. The molecule has 1 saturated heterocycles. The van der Waals surface area contributed by atoms with Crippen LogP contribution in [0.5, 0.6) is 0 Å². The van der Waals surface area contributed by atoms with Crippen molar-refractivity contribution in [2.75, 3.05) is 12.4 Å². The maximum Gasteiger partial charge on any atom is 0.308 e. The van der Waals surface area contributed by atoms with E-state index in [4.69, 9.17) is 4.74 Å². The molecule has 3 aromatic rings. The number of benzene rings is 1. The Balaban J connectivity index is 1.79. The molecule has 1 fully saturated rings. The highest BCUT2D eigenvalue weighted by Gasteiger charge is 2.60. The predicted octanol–water partition coefficient (Wildman–Crippen LogP) is 7.94. The highest BCUT2D eigenvalue weighted by Crippen LogP contribution is 2.71. The molecule has 1 aliphatic heterocycles. The van der Waals surface area contributed by atoms with Crippen LogP contribution in [0, 0.1) is 0 Å². The van der Waals surface area contributed by atoms with Crippen LogP contribution in [-0.2, 0) is 14.3 Å². The smallest absolute Gasteiger partial charge is 0.308 e. The van der Waals surface area contributed by atoms with Crippen LogP contribution < -0.4 is 0 Å². The SMILES string of the molecule is CCOC(=O)C([C@]1(c2ccc(-c3ccc(-c4cscn4)cc3)s2)CCCCS1(O)O)[Si](C)(C)C. The number of carbonyl (C=O) groups excluding carboxylic acids is 1. The molecular formula is C25H33NO4S3Si. The van der Waals surface area contributed by atoms with E-state index in [1.54, 1.807) is 22.7 Å². The summed E-state index contributed by atoms with van der Waals surface area (Å²) in [5.41, 5.74) is 4.41. The standard InChI is InChI=1S/C25H33NO4S3Si/c1-5-30-24(27)23(34(2,3)4)25(14-6-7-15-33(25,28)29)22-13-12-21(32-22)19-10-8-18(9-11-19)20-16-31-17-26-20/h8-13,16-17,23,28-29H,5-7,14-15H2,1-4H3/t23?,25-/m1/s1. The quantitative estimate of drug-likeness (QED) is 0.237. The first kappa shape index (κ1) is 25.6. The van der Waals surface area contributed by atoms with Crippen molar-refractivity contribution < 1.29 is 18.6 Å².